The second-order valence-corrected chi connectivity index (χ2v) is 7.53. The van der Waals surface area contributed by atoms with E-state index in [2.05, 4.69) is 20.4 Å². The summed E-state index contributed by atoms with van der Waals surface area (Å²) >= 11 is 0. The maximum atomic E-state index is 11.3. The number of nitrogens with zero attached hydrogens (tertiary/aromatic N) is 6. The van der Waals surface area contributed by atoms with Crippen LogP contribution in [-0.4, -0.2) is 48.9 Å². The lowest BCUT2D eigenvalue weighted by molar-refractivity contribution is 0.112. The van der Waals surface area contributed by atoms with Gasteiger partial charge in [0.1, 0.15) is 23.5 Å². The lowest BCUT2D eigenvalue weighted by Gasteiger charge is -2.23. The third-order valence-electron chi connectivity index (χ3n) is 5.59. The van der Waals surface area contributed by atoms with Gasteiger partial charge in [0, 0.05) is 24.4 Å². The van der Waals surface area contributed by atoms with E-state index in [0.29, 0.717) is 17.1 Å². The van der Waals surface area contributed by atoms with Crippen LogP contribution in [0.1, 0.15) is 29.2 Å². The summed E-state index contributed by atoms with van der Waals surface area (Å²) in [6.45, 7) is 1.92. The number of anilines is 1. The number of nitrogen functional groups attached to an aromatic ring is 1. The van der Waals surface area contributed by atoms with Crippen LogP contribution in [0.4, 0.5) is 5.82 Å². The second kappa shape index (κ2) is 7.34. The standard InChI is InChI=1S/C21H22N8O/c1-28-10-15(11-30)18(26-28)13-2-4-14(5-3-13)19-17-20(22)24-12-25-21(17)29(27-19)16-6-8-23-9-7-16/h2-5,10-12,16,23H,6-9H2,1H3,(H2,22,24,25). The van der Waals surface area contributed by atoms with Crippen molar-refractivity contribution >= 4 is 23.1 Å². The van der Waals surface area contributed by atoms with E-state index < -0.39 is 0 Å². The number of aryl methyl sites for hydroxylation is 1. The molecule has 5 rings (SSSR count). The molecule has 3 N–H and O–H groups in total. The molecule has 1 fully saturated rings. The van der Waals surface area contributed by atoms with Crippen LogP contribution < -0.4 is 11.1 Å². The molecule has 4 heterocycles. The summed E-state index contributed by atoms with van der Waals surface area (Å²) < 4.78 is 3.64. The number of fused-ring (bicyclic) bond motifs is 1. The smallest absolute Gasteiger partial charge is 0.164 e. The van der Waals surface area contributed by atoms with Crippen molar-refractivity contribution in [1.29, 1.82) is 0 Å². The maximum absolute atomic E-state index is 11.3. The number of aromatic nitrogens is 6. The monoisotopic (exact) mass is 402 g/mol. The van der Waals surface area contributed by atoms with Gasteiger partial charge in [0.2, 0.25) is 0 Å². The van der Waals surface area contributed by atoms with E-state index in [1.165, 1.54) is 6.33 Å². The van der Waals surface area contributed by atoms with Crippen LogP contribution in [0, 0.1) is 0 Å². The molecule has 0 atom stereocenters. The molecule has 0 radical (unpaired) electrons. The molecule has 1 aliphatic rings. The Morgan fingerprint density at radius 2 is 1.77 bits per heavy atom. The predicted molar refractivity (Wildman–Crippen MR) is 114 cm³/mol. The minimum absolute atomic E-state index is 0.278. The van der Waals surface area contributed by atoms with Gasteiger partial charge < -0.3 is 11.1 Å². The first-order valence-corrected chi connectivity index (χ1v) is 9.94. The Kier molecular flexibility index (Phi) is 4.51. The number of aldehydes is 1. The van der Waals surface area contributed by atoms with Crippen LogP contribution in [0.15, 0.2) is 36.8 Å². The summed E-state index contributed by atoms with van der Waals surface area (Å²) in [4.78, 5) is 20.0. The second-order valence-electron chi connectivity index (χ2n) is 7.53. The molecule has 0 aliphatic carbocycles. The zero-order valence-corrected chi connectivity index (χ0v) is 16.6. The highest BCUT2D eigenvalue weighted by molar-refractivity contribution is 5.98. The zero-order valence-electron chi connectivity index (χ0n) is 16.6. The Balaban J connectivity index is 1.60. The van der Waals surface area contributed by atoms with E-state index in [1.807, 2.05) is 28.9 Å². The van der Waals surface area contributed by atoms with Gasteiger partial charge in [-0.05, 0) is 25.9 Å². The van der Waals surface area contributed by atoms with Crippen molar-refractivity contribution in [2.24, 2.45) is 7.05 Å². The Morgan fingerprint density at radius 3 is 2.47 bits per heavy atom. The summed E-state index contributed by atoms with van der Waals surface area (Å²) in [5, 5.41) is 13.5. The van der Waals surface area contributed by atoms with Crippen molar-refractivity contribution in [3.8, 4) is 22.5 Å². The third kappa shape index (κ3) is 3.03. The molecule has 0 bridgehead atoms. The van der Waals surface area contributed by atoms with Crippen molar-refractivity contribution in [3.05, 3.63) is 42.4 Å². The van der Waals surface area contributed by atoms with E-state index in [9.17, 15) is 4.79 Å². The molecule has 152 valence electrons. The molecule has 9 nitrogen and oxygen atoms in total. The Labute approximate surface area is 172 Å². The van der Waals surface area contributed by atoms with Crippen molar-refractivity contribution in [3.63, 3.8) is 0 Å². The molecule has 30 heavy (non-hydrogen) atoms. The first kappa shape index (κ1) is 18.4. The molecule has 0 saturated carbocycles. The highest BCUT2D eigenvalue weighted by Gasteiger charge is 2.23. The first-order valence-electron chi connectivity index (χ1n) is 9.94. The molecular weight excluding hydrogens is 380 g/mol. The van der Waals surface area contributed by atoms with Crippen molar-refractivity contribution in [1.82, 2.24) is 34.8 Å². The Hall–Kier alpha value is -3.59. The van der Waals surface area contributed by atoms with Gasteiger partial charge in [0.05, 0.1) is 17.0 Å². The highest BCUT2D eigenvalue weighted by atomic mass is 16.1. The predicted octanol–water partition coefficient (Wildman–Crippen LogP) is 2.21. The number of hydrogen-bond acceptors (Lipinski definition) is 7. The number of benzene rings is 1. The first-order chi connectivity index (χ1) is 14.7. The highest BCUT2D eigenvalue weighted by Crippen LogP contribution is 2.34. The van der Waals surface area contributed by atoms with E-state index >= 15 is 0 Å². The van der Waals surface area contributed by atoms with Crippen LogP contribution >= 0.6 is 0 Å². The fourth-order valence-electron chi connectivity index (χ4n) is 4.11. The van der Waals surface area contributed by atoms with E-state index in [4.69, 9.17) is 10.8 Å². The normalized spacial score (nSPS) is 15.0. The lowest BCUT2D eigenvalue weighted by Crippen LogP contribution is -2.30. The van der Waals surface area contributed by atoms with Crippen LogP contribution in [0.2, 0.25) is 0 Å². The van der Waals surface area contributed by atoms with Crippen molar-refractivity contribution in [2.45, 2.75) is 18.9 Å². The van der Waals surface area contributed by atoms with Gasteiger partial charge >= 0.3 is 0 Å². The van der Waals surface area contributed by atoms with Crippen LogP contribution in [0.25, 0.3) is 33.5 Å². The minimum atomic E-state index is 0.278. The van der Waals surface area contributed by atoms with Crippen LogP contribution in [0.5, 0.6) is 0 Å². The summed E-state index contributed by atoms with van der Waals surface area (Å²) in [5.41, 5.74) is 10.8. The summed E-state index contributed by atoms with van der Waals surface area (Å²) in [7, 11) is 1.80. The van der Waals surface area contributed by atoms with Gasteiger partial charge in [-0.2, -0.15) is 10.2 Å². The number of carbonyl (C=O) groups excluding carboxylic acids is 1. The minimum Gasteiger partial charge on any atom is -0.383 e. The van der Waals surface area contributed by atoms with E-state index in [0.717, 1.165) is 60.1 Å². The number of rotatable bonds is 4. The van der Waals surface area contributed by atoms with Crippen molar-refractivity contribution < 1.29 is 4.79 Å². The number of piperidine rings is 1. The largest absolute Gasteiger partial charge is 0.383 e. The van der Waals surface area contributed by atoms with Crippen molar-refractivity contribution in [2.75, 3.05) is 18.8 Å². The van der Waals surface area contributed by atoms with Crippen LogP contribution in [0.3, 0.4) is 0 Å². The van der Waals surface area contributed by atoms with Gasteiger partial charge in [0.25, 0.3) is 0 Å². The zero-order chi connectivity index (χ0) is 20.7. The molecule has 1 aromatic carbocycles. The lowest BCUT2D eigenvalue weighted by atomic mass is 10.0. The number of hydrogen-bond donors (Lipinski definition) is 2. The van der Waals surface area contributed by atoms with Crippen LogP contribution in [-0.2, 0) is 7.05 Å². The topological polar surface area (TPSA) is 117 Å². The van der Waals surface area contributed by atoms with E-state index in [1.54, 1.807) is 17.9 Å². The average molecular weight is 402 g/mol. The molecule has 4 aromatic rings. The Bertz CT molecular complexity index is 1220. The number of nitrogens with one attached hydrogen (secondary N) is 1. The summed E-state index contributed by atoms with van der Waals surface area (Å²) in [5.74, 6) is 0.423. The van der Waals surface area contributed by atoms with Gasteiger partial charge in [-0.25, -0.2) is 14.6 Å². The third-order valence-corrected chi connectivity index (χ3v) is 5.59. The SMILES string of the molecule is Cn1cc(C=O)c(-c2ccc(-c3nn(C4CCNCC4)c4ncnc(N)c34)cc2)n1. The van der Waals surface area contributed by atoms with Gasteiger partial charge in [0.15, 0.2) is 11.9 Å². The molecular formula is C21H22N8O. The molecule has 1 aliphatic heterocycles. The fraction of sp³-hybridized carbons (Fsp3) is 0.286. The average Bonchev–Trinajstić information content (AvgIpc) is 3.36. The molecule has 0 amide bonds. The fourth-order valence-corrected chi connectivity index (χ4v) is 4.11. The number of carbonyl (C=O) groups is 1. The van der Waals surface area contributed by atoms with Gasteiger partial charge in [-0.3, -0.25) is 9.48 Å². The molecule has 0 spiro atoms. The number of nitrogens with two attached hydrogens (primary N) is 1. The molecule has 0 unspecified atom stereocenters. The summed E-state index contributed by atoms with van der Waals surface area (Å²) in [6.07, 6.45) is 6.01. The van der Waals surface area contributed by atoms with Gasteiger partial charge in [-0.1, -0.05) is 24.3 Å². The summed E-state index contributed by atoms with van der Waals surface area (Å²) in [6, 6.07) is 8.11. The molecule has 1 saturated heterocycles. The Morgan fingerprint density at radius 1 is 1.07 bits per heavy atom. The quantitative estimate of drug-likeness (QED) is 0.503. The molecule has 9 heteroatoms. The molecule has 3 aromatic heterocycles. The maximum Gasteiger partial charge on any atom is 0.164 e. The van der Waals surface area contributed by atoms with E-state index in [-0.39, 0.29) is 6.04 Å². The van der Waals surface area contributed by atoms with Gasteiger partial charge in [-0.15, -0.1) is 0 Å².